The molecule has 0 bridgehead atoms. The molecular formula is C11H20N2S. The van der Waals surface area contributed by atoms with E-state index in [0.717, 1.165) is 24.1 Å². The Kier molecular flexibility index (Phi) is 3.37. The van der Waals surface area contributed by atoms with Crippen LogP contribution < -0.4 is 0 Å². The van der Waals surface area contributed by atoms with Crippen LogP contribution in [0.25, 0.3) is 0 Å². The van der Waals surface area contributed by atoms with Gasteiger partial charge >= 0.3 is 0 Å². The highest BCUT2D eigenvalue weighted by molar-refractivity contribution is 7.99. The molecule has 14 heavy (non-hydrogen) atoms. The average Bonchev–Trinajstić information content (AvgIpc) is 2.74. The molecule has 0 amide bonds. The van der Waals surface area contributed by atoms with Gasteiger partial charge in [0.15, 0.2) is 0 Å². The van der Waals surface area contributed by atoms with Gasteiger partial charge in [-0.15, -0.1) is 0 Å². The minimum atomic E-state index is 0.690. The topological polar surface area (TPSA) is 27.1 Å². The van der Waals surface area contributed by atoms with Crippen molar-refractivity contribution in [1.29, 1.82) is 5.41 Å². The minimum Gasteiger partial charge on any atom is -0.356 e. The van der Waals surface area contributed by atoms with Gasteiger partial charge < -0.3 is 4.90 Å². The van der Waals surface area contributed by atoms with Gasteiger partial charge in [0, 0.05) is 24.3 Å². The normalized spacial score (nSPS) is 32.9. The molecule has 0 spiro atoms. The second kappa shape index (κ2) is 4.56. The van der Waals surface area contributed by atoms with Crippen LogP contribution in [-0.2, 0) is 0 Å². The Balaban J connectivity index is 1.98. The Hall–Kier alpha value is -0.180. The largest absolute Gasteiger partial charge is 0.356 e. The Labute approximate surface area is 90.9 Å². The van der Waals surface area contributed by atoms with Crippen molar-refractivity contribution in [2.24, 2.45) is 0 Å². The summed E-state index contributed by atoms with van der Waals surface area (Å²) in [7, 11) is 0. The van der Waals surface area contributed by atoms with Gasteiger partial charge in [0.2, 0.25) is 0 Å². The lowest BCUT2D eigenvalue weighted by Crippen LogP contribution is -2.39. The molecule has 0 aromatic heterocycles. The standard InChI is InChI=1S/C11H20N2S/c1-2-14-10-6-3-5-9(10)13-8-4-7-11(13)12/h9-10,12H,2-8H2,1H3. The van der Waals surface area contributed by atoms with Crippen molar-refractivity contribution in [1.82, 2.24) is 4.90 Å². The zero-order chi connectivity index (χ0) is 9.97. The number of likely N-dealkylation sites (tertiary alicyclic amines) is 1. The molecule has 2 atom stereocenters. The first-order chi connectivity index (χ1) is 6.83. The summed E-state index contributed by atoms with van der Waals surface area (Å²) < 4.78 is 0. The summed E-state index contributed by atoms with van der Waals surface area (Å²) in [5.41, 5.74) is 0. The monoisotopic (exact) mass is 212 g/mol. The fourth-order valence-corrected chi connectivity index (χ4v) is 4.00. The molecule has 0 radical (unpaired) electrons. The van der Waals surface area contributed by atoms with Crippen LogP contribution >= 0.6 is 11.8 Å². The summed E-state index contributed by atoms with van der Waals surface area (Å²) in [6, 6.07) is 0.690. The third-order valence-corrected chi connectivity index (χ3v) is 4.67. The van der Waals surface area contributed by atoms with E-state index in [2.05, 4.69) is 23.6 Å². The molecule has 1 N–H and O–H groups in total. The van der Waals surface area contributed by atoms with Crippen molar-refractivity contribution >= 4 is 17.6 Å². The molecule has 1 aliphatic carbocycles. The van der Waals surface area contributed by atoms with Crippen LogP contribution in [0.1, 0.15) is 39.0 Å². The van der Waals surface area contributed by atoms with Crippen molar-refractivity contribution in [2.45, 2.75) is 50.3 Å². The van der Waals surface area contributed by atoms with E-state index < -0.39 is 0 Å². The molecule has 2 unspecified atom stereocenters. The highest BCUT2D eigenvalue weighted by Gasteiger charge is 2.34. The van der Waals surface area contributed by atoms with Gasteiger partial charge in [-0.25, -0.2) is 0 Å². The van der Waals surface area contributed by atoms with Crippen LogP contribution in [0.4, 0.5) is 0 Å². The van der Waals surface area contributed by atoms with Crippen molar-refractivity contribution in [3.63, 3.8) is 0 Å². The number of thioether (sulfide) groups is 1. The molecule has 1 aliphatic heterocycles. The summed E-state index contributed by atoms with van der Waals surface area (Å²) >= 11 is 2.10. The summed E-state index contributed by atoms with van der Waals surface area (Å²) in [4.78, 5) is 2.38. The minimum absolute atomic E-state index is 0.690. The second-order valence-corrected chi connectivity index (χ2v) is 5.75. The van der Waals surface area contributed by atoms with E-state index >= 15 is 0 Å². The first kappa shape index (κ1) is 10.3. The van der Waals surface area contributed by atoms with Gasteiger partial charge in [0.1, 0.15) is 0 Å². The second-order valence-electron chi connectivity index (χ2n) is 4.24. The fourth-order valence-electron chi connectivity index (χ4n) is 2.73. The van der Waals surface area contributed by atoms with Crippen LogP contribution in [-0.4, -0.2) is 34.3 Å². The maximum Gasteiger partial charge on any atom is 0.0961 e. The van der Waals surface area contributed by atoms with Crippen LogP contribution in [0.15, 0.2) is 0 Å². The van der Waals surface area contributed by atoms with Crippen LogP contribution in [0.2, 0.25) is 0 Å². The van der Waals surface area contributed by atoms with Crippen molar-refractivity contribution in [2.75, 3.05) is 12.3 Å². The molecule has 80 valence electrons. The Morgan fingerprint density at radius 1 is 1.43 bits per heavy atom. The summed E-state index contributed by atoms with van der Waals surface area (Å²) in [5, 5.41) is 8.71. The molecular weight excluding hydrogens is 192 g/mol. The number of hydrogen-bond donors (Lipinski definition) is 1. The number of nitrogens with zero attached hydrogens (tertiary/aromatic N) is 1. The third kappa shape index (κ3) is 1.92. The van der Waals surface area contributed by atoms with E-state index in [9.17, 15) is 0 Å². The van der Waals surface area contributed by atoms with E-state index in [-0.39, 0.29) is 0 Å². The Bertz CT molecular complexity index is 217. The third-order valence-electron chi connectivity index (χ3n) is 3.36. The molecule has 2 aliphatic rings. The predicted molar refractivity (Wildman–Crippen MR) is 63.2 cm³/mol. The lowest BCUT2D eigenvalue weighted by atomic mass is 10.2. The van der Waals surface area contributed by atoms with Crippen LogP contribution in [0, 0.1) is 5.41 Å². The fraction of sp³-hybridized carbons (Fsp3) is 0.909. The quantitative estimate of drug-likeness (QED) is 0.779. The molecule has 3 heteroatoms. The lowest BCUT2D eigenvalue weighted by molar-refractivity contribution is 0.342. The zero-order valence-electron chi connectivity index (χ0n) is 8.96. The van der Waals surface area contributed by atoms with Crippen LogP contribution in [0.3, 0.4) is 0 Å². The molecule has 1 heterocycles. The smallest absolute Gasteiger partial charge is 0.0961 e. The first-order valence-corrected chi connectivity index (χ1v) is 6.83. The van der Waals surface area contributed by atoms with E-state index in [4.69, 9.17) is 5.41 Å². The SMILES string of the molecule is CCSC1CCCC1N1CCCC1=N. The highest BCUT2D eigenvalue weighted by Crippen LogP contribution is 2.35. The van der Waals surface area contributed by atoms with E-state index in [1.54, 1.807) is 0 Å². The van der Waals surface area contributed by atoms with Gasteiger partial charge in [0.05, 0.1) is 5.84 Å². The molecule has 1 saturated heterocycles. The summed E-state index contributed by atoms with van der Waals surface area (Å²) in [6.07, 6.45) is 6.28. The number of hydrogen-bond acceptors (Lipinski definition) is 2. The van der Waals surface area contributed by atoms with Gasteiger partial charge in [-0.1, -0.05) is 13.3 Å². The Morgan fingerprint density at radius 2 is 2.29 bits per heavy atom. The number of amidine groups is 1. The predicted octanol–water partition coefficient (Wildman–Crippen LogP) is 2.73. The zero-order valence-corrected chi connectivity index (χ0v) is 9.78. The first-order valence-electron chi connectivity index (χ1n) is 5.78. The molecule has 2 fully saturated rings. The van der Waals surface area contributed by atoms with Gasteiger partial charge in [-0.2, -0.15) is 11.8 Å². The number of rotatable bonds is 3. The van der Waals surface area contributed by atoms with Crippen LogP contribution in [0.5, 0.6) is 0 Å². The molecule has 1 saturated carbocycles. The maximum absolute atomic E-state index is 7.91. The highest BCUT2D eigenvalue weighted by atomic mass is 32.2. The number of nitrogens with one attached hydrogen (secondary N) is 1. The molecule has 0 aromatic carbocycles. The molecule has 0 aromatic rings. The van der Waals surface area contributed by atoms with E-state index in [1.165, 1.54) is 31.4 Å². The van der Waals surface area contributed by atoms with Crippen molar-refractivity contribution in [3.05, 3.63) is 0 Å². The summed E-state index contributed by atoms with van der Waals surface area (Å²) in [6.45, 7) is 3.39. The van der Waals surface area contributed by atoms with E-state index in [1.807, 2.05) is 0 Å². The molecule has 2 nitrogen and oxygen atoms in total. The van der Waals surface area contributed by atoms with Gasteiger partial charge in [-0.3, -0.25) is 5.41 Å². The summed E-state index contributed by atoms with van der Waals surface area (Å²) in [5.74, 6) is 2.13. The maximum atomic E-state index is 7.91. The van der Waals surface area contributed by atoms with E-state index in [0.29, 0.717) is 6.04 Å². The lowest BCUT2D eigenvalue weighted by Gasteiger charge is -2.30. The average molecular weight is 212 g/mol. The van der Waals surface area contributed by atoms with Crippen molar-refractivity contribution < 1.29 is 0 Å². The van der Waals surface area contributed by atoms with Crippen molar-refractivity contribution in [3.8, 4) is 0 Å². The Morgan fingerprint density at radius 3 is 2.93 bits per heavy atom. The van der Waals surface area contributed by atoms with Gasteiger partial charge in [0.25, 0.3) is 0 Å². The van der Waals surface area contributed by atoms with Gasteiger partial charge in [-0.05, 0) is 25.0 Å². The molecule has 2 rings (SSSR count).